The van der Waals surface area contributed by atoms with Gasteiger partial charge in [-0.1, -0.05) is 57.0 Å². The van der Waals surface area contributed by atoms with E-state index >= 15 is 0 Å². The van der Waals surface area contributed by atoms with Gasteiger partial charge >= 0.3 is 0 Å². The maximum absolute atomic E-state index is 7.05. The molecule has 2 nitrogen and oxygen atoms in total. The molecule has 0 saturated heterocycles. The third-order valence-electron chi connectivity index (χ3n) is 3.96. The predicted molar refractivity (Wildman–Crippen MR) is 98.9 cm³/mol. The Hall–Kier alpha value is -0.0936. The van der Waals surface area contributed by atoms with Crippen molar-refractivity contribution in [2.45, 2.75) is 38.8 Å². The minimum absolute atomic E-state index is 0. The standard InChI is InChI=1S/C16H19Cl3N2Si.Cu/c1-10(2)22(19,11(3)4)13-9-21-16(15(18)14(13)17)12-7-5-6-8-20-12;/h5-11H,1-4H3;. The van der Waals surface area contributed by atoms with Gasteiger partial charge in [0.2, 0.25) is 0 Å². The van der Waals surface area contributed by atoms with Gasteiger partial charge in [0.1, 0.15) is 5.69 Å². The van der Waals surface area contributed by atoms with Gasteiger partial charge in [0.05, 0.1) is 15.7 Å². The zero-order valence-electron chi connectivity index (χ0n) is 13.4. The average Bonchev–Trinajstić information content (AvgIpc) is 2.49. The summed E-state index contributed by atoms with van der Waals surface area (Å²) in [6.45, 7) is 8.54. The molecule has 2 aromatic rings. The van der Waals surface area contributed by atoms with Crippen molar-refractivity contribution in [3.8, 4) is 11.4 Å². The maximum atomic E-state index is 7.05. The van der Waals surface area contributed by atoms with Crippen LogP contribution in [0.15, 0.2) is 30.6 Å². The Balaban J connectivity index is 0.00000264. The van der Waals surface area contributed by atoms with Crippen molar-refractivity contribution in [1.29, 1.82) is 0 Å². The molecule has 0 aromatic carbocycles. The Morgan fingerprint density at radius 1 is 0.957 bits per heavy atom. The monoisotopic (exact) mass is 435 g/mol. The number of pyridine rings is 2. The van der Waals surface area contributed by atoms with Gasteiger partial charge in [-0.05, 0) is 28.4 Å². The molecule has 2 rings (SSSR count). The second kappa shape index (κ2) is 8.33. The van der Waals surface area contributed by atoms with Crippen LogP contribution in [0.1, 0.15) is 27.7 Å². The van der Waals surface area contributed by atoms with E-state index in [4.69, 9.17) is 34.3 Å². The first kappa shape index (κ1) is 21.0. The molecule has 0 N–H and O–H groups in total. The third-order valence-corrected chi connectivity index (χ3v) is 12.8. The fraction of sp³-hybridized carbons (Fsp3) is 0.375. The molecule has 0 spiro atoms. The number of hydrogen-bond acceptors (Lipinski definition) is 2. The zero-order chi connectivity index (χ0) is 16.5. The van der Waals surface area contributed by atoms with E-state index in [1.165, 1.54) is 0 Å². The van der Waals surface area contributed by atoms with Crippen molar-refractivity contribution >= 4 is 46.9 Å². The van der Waals surface area contributed by atoms with Crippen molar-refractivity contribution in [2.75, 3.05) is 0 Å². The predicted octanol–water partition coefficient (Wildman–Crippen LogP) is 5.66. The Labute approximate surface area is 164 Å². The molecule has 2 aromatic heterocycles. The summed E-state index contributed by atoms with van der Waals surface area (Å²) in [6.07, 6.45) is 3.50. The molecule has 129 valence electrons. The van der Waals surface area contributed by atoms with E-state index in [2.05, 4.69) is 37.7 Å². The van der Waals surface area contributed by atoms with E-state index in [-0.39, 0.29) is 17.1 Å². The first-order valence-corrected chi connectivity index (χ1v) is 11.2. The normalized spacial score (nSPS) is 11.7. The second-order valence-electron chi connectivity index (χ2n) is 5.94. The Kier molecular flexibility index (Phi) is 7.59. The van der Waals surface area contributed by atoms with E-state index in [1.807, 2.05) is 18.2 Å². The minimum atomic E-state index is -2.31. The summed E-state index contributed by atoms with van der Waals surface area (Å²) in [4.78, 5) is 8.80. The summed E-state index contributed by atoms with van der Waals surface area (Å²) in [5.74, 6) is 0. The van der Waals surface area contributed by atoms with Crippen LogP contribution < -0.4 is 5.19 Å². The summed E-state index contributed by atoms with van der Waals surface area (Å²) in [7, 11) is -2.31. The number of hydrogen-bond donors (Lipinski definition) is 0. The Bertz CT molecular complexity index is 658. The molecule has 0 unspecified atom stereocenters. The van der Waals surface area contributed by atoms with Gasteiger partial charge in [0, 0.05) is 29.5 Å². The van der Waals surface area contributed by atoms with Crippen LogP contribution in [0.25, 0.3) is 11.4 Å². The molecule has 23 heavy (non-hydrogen) atoms. The maximum Gasteiger partial charge on any atom is 0.195 e. The number of rotatable bonds is 4. The fourth-order valence-corrected chi connectivity index (χ4v) is 7.51. The summed E-state index contributed by atoms with van der Waals surface area (Å²) in [5, 5.41) is 1.85. The van der Waals surface area contributed by atoms with Crippen LogP contribution in [-0.2, 0) is 17.1 Å². The van der Waals surface area contributed by atoms with Gasteiger partial charge in [-0.15, -0.1) is 0 Å². The molecule has 0 aliphatic heterocycles. The molecule has 1 radical (unpaired) electrons. The Morgan fingerprint density at radius 2 is 1.57 bits per heavy atom. The van der Waals surface area contributed by atoms with Gasteiger partial charge in [-0.3, -0.25) is 9.97 Å². The van der Waals surface area contributed by atoms with Crippen molar-refractivity contribution in [1.82, 2.24) is 9.97 Å². The summed E-state index contributed by atoms with van der Waals surface area (Å²) >= 11 is 20.1. The van der Waals surface area contributed by atoms with Crippen LogP contribution in [-0.4, -0.2) is 17.4 Å². The summed E-state index contributed by atoms with van der Waals surface area (Å²) < 4.78 is 0. The van der Waals surface area contributed by atoms with E-state index in [9.17, 15) is 0 Å². The molecule has 2 heterocycles. The SMILES string of the molecule is CC(C)[Si](Cl)(c1cnc(-c2ccccn2)c(Cl)c1Cl)C(C)C.[Cu]. The minimum Gasteiger partial charge on any atom is -0.255 e. The van der Waals surface area contributed by atoms with Gasteiger partial charge in [-0.2, -0.15) is 11.1 Å². The van der Waals surface area contributed by atoms with E-state index in [0.717, 1.165) is 5.19 Å². The van der Waals surface area contributed by atoms with E-state index in [0.29, 0.717) is 32.5 Å². The Morgan fingerprint density at radius 3 is 2.04 bits per heavy atom. The third kappa shape index (κ3) is 3.95. The van der Waals surface area contributed by atoms with Crippen LogP contribution >= 0.6 is 34.3 Å². The summed E-state index contributed by atoms with van der Waals surface area (Å²) in [5.41, 5.74) is 1.95. The molecule has 0 atom stereocenters. The van der Waals surface area contributed by atoms with Gasteiger partial charge in [0.15, 0.2) is 7.38 Å². The second-order valence-corrected chi connectivity index (χ2v) is 13.0. The first-order valence-electron chi connectivity index (χ1n) is 7.24. The molecule has 7 heteroatoms. The van der Waals surface area contributed by atoms with Crippen molar-refractivity contribution in [3.63, 3.8) is 0 Å². The smallest absolute Gasteiger partial charge is 0.195 e. The largest absolute Gasteiger partial charge is 0.255 e. The van der Waals surface area contributed by atoms with Crippen LogP contribution in [0.4, 0.5) is 0 Å². The molecule has 0 aliphatic carbocycles. The molecule has 0 amide bonds. The zero-order valence-corrected chi connectivity index (χ0v) is 17.6. The number of aromatic nitrogens is 2. The number of nitrogens with zero attached hydrogens (tertiary/aromatic N) is 2. The van der Waals surface area contributed by atoms with Crippen molar-refractivity contribution in [3.05, 3.63) is 40.6 Å². The molecule has 0 fully saturated rings. The van der Waals surface area contributed by atoms with E-state index < -0.39 is 7.38 Å². The first-order chi connectivity index (χ1) is 10.3. The number of halogens is 3. The topological polar surface area (TPSA) is 25.8 Å². The molecule has 0 aliphatic rings. The molecular formula is C16H19Cl3CuN2Si. The van der Waals surface area contributed by atoms with Crippen LogP contribution in [0.2, 0.25) is 21.1 Å². The van der Waals surface area contributed by atoms with Gasteiger partial charge in [-0.25, -0.2) is 0 Å². The van der Waals surface area contributed by atoms with Crippen LogP contribution in [0.3, 0.4) is 0 Å². The fourth-order valence-electron chi connectivity index (χ4n) is 2.70. The van der Waals surface area contributed by atoms with Crippen LogP contribution in [0, 0.1) is 0 Å². The quantitative estimate of drug-likeness (QED) is 0.456. The van der Waals surface area contributed by atoms with E-state index in [1.54, 1.807) is 12.4 Å². The molecule has 0 bridgehead atoms. The summed E-state index contributed by atoms with van der Waals surface area (Å²) in [6, 6.07) is 5.60. The molecular weight excluding hydrogens is 418 g/mol. The van der Waals surface area contributed by atoms with Crippen molar-refractivity contribution in [2.24, 2.45) is 0 Å². The van der Waals surface area contributed by atoms with Crippen LogP contribution in [0.5, 0.6) is 0 Å². The van der Waals surface area contributed by atoms with Gasteiger partial charge in [0.25, 0.3) is 0 Å². The molecule has 0 saturated carbocycles. The van der Waals surface area contributed by atoms with Crippen molar-refractivity contribution < 1.29 is 17.1 Å². The van der Waals surface area contributed by atoms with Gasteiger partial charge < -0.3 is 0 Å². The average molecular weight is 437 g/mol.